The summed E-state index contributed by atoms with van der Waals surface area (Å²) in [6, 6.07) is 21.2. The molecule has 38 heavy (non-hydrogen) atoms. The number of carbonyl (C=O) groups excluding carboxylic acids is 1. The van der Waals surface area contributed by atoms with Gasteiger partial charge in [0, 0.05) is 18.9 Å². The molecule has 1 saturated carbocycles. The van der Waals surface area contributed by atoms with Gasteiger partial charge < -0.3 is 20.3 Å². The number of nitrogens with zero attached hydrogens (tertiary/aromatic N) is 2. The molecule has 2 N–H and O–H groups in total. The Bertz CT molecular complexity index is 1230. The SMILES string of the molecule is CCC1(NC(=O)NC2(c3ccc(-c4ccc(COCc5cccnc5)cc4)cc3)CC2)CN2CCC1CC2. The van der Waals surface area contributed by atoms with Crippen LogP contribution in [0.4, 0.5) is 4.79 Å². The topological polar surface area (TPSA) is 66.5 Å². The lowest BCUT2D eigenvalue weighted by molar-refractivity contribution is 0.0101. The summed E-state index contributed by atoms with van der Waals surface area (Å²) < 4.78 is 5.84. The molecule has 1 aromatic heterocycles. The summed E-state index contributed by atoms with van der Waals surface area (Å²) in [5.41, 5.74) is 5.45. The Morgan fingerprint density at radius 1 is 0.947 bits per heavy atom. The number of urea groups is 1. The van der Waals surface area contributed by atoms with Crippen LogP contribution in [0.1, 0.15) is 55.7 Å². The summed E-state index contributed by atoms with van der Waals surface area (Å²) in [7, 11) is 0. The molecule has 3 aromatic rings. The third-order valence-electron chi connectivity index (χ3n) is 8.96. The summed E-state index contributed by atoms with van der Waals surface area (Å²) >= 11 is 0. The quantitative estimate of drug-likeness (QED) is 0.392. The van der Waals surface area contributed by atoms with Crippen molar-refractivity contribution < 1.29 is 9.53 Å². The van der Waals surface area contributed by atoms with Crippen molar-refractivity contribution in [3.8, 4) is 11.1 Å². The minimum atomic E-state index is -0.235. The third-order valence-corrected chi connectivity index (χ3v) is 8.96. The largest absolute Gasteiger partial charge is 0.372 e. The van der Waals surface area contributed by atoms with Crippen LogP contribution < -0.4 is 10.6 Å². The lowest BCUT2D eigenvalue weighted by atomic mass is 9.71. The van der Waals surface area contributed by atoms with E-state index in [1.165, 1.54) is 42.6 Å². The number of ether oxygens (including phenoxy) is 1. The molecule has 198 valence electrons. The van der Waals surface area contributed by atoms with Crippen LogP contribution in [0.3, 0.4) is 0 Å². The van der Waals surface area contributed by atoms with Gasteiger partial charge in [0.25, 0.3) is 0 Å². The van der Waals surface area contributed by atoms with Gasteiger partial charge in [-0.1, -0.05) is 61.5 Å². The molecule has 3 aliphatic heterocycles. The molecule has 2 bridgehead atoms. The van der Waals surface area contributed by atoms with Gasteiger partial charge >= 0.3 is 6.03 Å². The van der Waals surface area contributed by atoms with E-state index >= 15 is 0 Å². The minimum Gasteiger partial charge on any atom is -0.372 e. The van der Waals surface area contributed by atoms with E-state index in [4.69, 9.17) is 4.74 Å². The van der Waals surface area contributed by atoms with Gasteiger partial charge in [-0.25, -0.2) is 4.79 Å². The number of aromatic nitrogens is 1. The van der Waals surface area contributed by atoms with Crippen LogP contribution >= 0.6 is 0 Å². The predicted octanol–water partition coefficient (Wildman–Crippen LogP) is 5.63. The number of pyridine rings is 1. The molecular formula is C32H38N4O2. The summed E-state index contributed by atoms with van der Waals surface area (Å²) in [6.07, 6.45) is 8.96. The van der Waals surface area contributed by atoms with Gasteiger partial charge in [-0.2, -0.15) is 0 Å². The lowest BCUT2D eigenvalue weighted by Gasteiger charge is -2.53. The number of fused-ring (bicyclic) bond motifs is 3. The van der Waals surface area contributed by atoms with Crippen LogP contribution in [-0.2, 0) is 23.5 Å². The molecule has 1 aliphatic carbocycles. The van der Waals surface area contributed by atoms with Crippen molar-refractivity contribution in [1.82, 2.24) is 20.5 Å². The zero-order valence-electron chi connectivity index (χ0n) is 22.3. The van der Waals surface area contributed by atoms with Gasteiger partial charge in [-0.3, -0.25) is 4.98 Å². The van der Waals surface area contributed by atoms with Crippen LogP contribution in [0, 0.1) is 5.92 Å². The zero-order chi connectivity index (χ0) is 26.0. The highest BCUT2D eigenvalue weighted by atomic mass is 16.5. The Morgan fingerprint density at radius 3 is 2.21 bits per heavy atom. The van der Waals surface area contributed by atoms with Gasteiger partial charge in [-0.15, -0.1) is 0 Å². The van der Waals surface area contributed by atoms with Crippen molar-refractivity contribution in [2.75, 3.05) is 19.6 Å². The van der Waals surface area contributed by atoms with Gasteiger partial charge in [0.1, 0.15) is 0 Å². The normalized spacial score (nSPS) is 25.1. The van der Waals surface area contributed by atoms with Crippen molar-refractivity contribution in [1.29, 1.82) is 0 Å². The molecule has 7 rings (SSSR count). The highest BCUT2D eigenvalue weighted by molar-refractivity contribution is 5.77. The second-order valence-corrected chi connectivity index (χ2v) is 11.3. The zero-order valence-corrected chi connectivity index (χ0v) is 22.3. The minimum absolute atomic E-state index is 0.0106. The predicted molar refractivity (Wildman–Crippen MR) is 149 cm³/mol. The van der Waals surface area contributed by atoms with Crippen LogP contribution in [0.15, 0.2) is 73.1 Å². The van der Waals surface area contributed by atoms with Crippen molar-refractivity contribution in [3.63, 3.8) is 0 Å². The average Bonchev–Trinajstić information content (AvgIpc) is 3.75. The fraction of sp³-hybridized carbons (Fsp3) is 0.438. The maximum absolute atomic E-state index is 13.2. The first-order valence-electron chi connectivity index (χ1n) is 14.1. The maximum Gasteiger partial charge on any atom is 0.315 e. The molecule has 6 heteroatoms. The second kappa shape index (κ2) is 10.5. The first-order chi connectivity index (χ1) is 18.6. The molecule has 4 fully saturated rings. The number of rotatable bonds is 9. The Hall–Kier alpha value is -3.22. The molecule has 2 amide bonds. The molecular weight excluding hydrogens is 472 g/mol. The molecule has 0 spiro atoms. The van der Waals surface area contributed by atoms with E-state index in [0.717, 1.165) is 36.9 Å². The maximum atomic E-state index is 13.2. The number of carbonyl (C=O) groups is 1. The fourth-order valence-corrected chi connectivity index (χ4v) is 6.43. The highest BCUT2D eigenvalue weighted by Gasteiger charge is 2.49. The van der Waals surface area contributed by atoms with Crippen molar-refractivity contribution in [2.24, 2.45) is 5.92 Å². The number of benzene rings is 2. The van der Waals surface area contributed by atoms with Gasteiger partial charge in [0.2, 0.25) is 0 Å². The van der Waals surface area contributed by atoms with E-state index in [9.17, 15) is 4.79 Å². The van der Waals surface area contributed by atoms with Crippen LogP contribution in [0.25, 0.3) is 11.1 Å². The average molecular weight is 511 g/mol. The number of nitrogens with one attached hydrogen (secondary N) is 2. The second-order valence-electron chi connectivity index (χ2n) is 11.3. The smallest absolute Gasteiger partial charge is 0.315 e. The number of hydrogen-bond acceptors (Lipinski definition) is 4. The molecule has 1 atom stereocenters. The number of amides is 2. The van der Waals surface area contributed by atoms with Crippen molar-refractivity contribution in [2.45, 2.75) is 63.3 Å². The van der Waals surface area contributed by atoms with E-state index in [1.54, 1.807) is 6.20 Å². The standard InChI is InChI=1S/C32H38N4O2/c1-2-31(23-36-18-13-29(31)14-19-36)34-30(37)35-32(15-16-32)28-11-9-27(10-12-28)26-7-5-24(6-8-26)21-38-22-25-4-3-17-33-20-25/h3-12,17,20,29H,2,13-16,18-19,21-23H2,1H3,(H2,34,35,37). The van der Waals surface area contributed by atoms with Crippen molar-refractivity contribution >= 4 is 6.03 Å². The fourth-order valence-electron chi connectivity index (χ4n) is 6.43. The third kappa shape index (κ3) is 5.20. The monoisotopic (exact) mass is 510 g/mol. The van der Waals surface area contributed by atoms with E-state index in [2.05, 4.69) is 76.0 Å². The summed E-state index contributed by atoms with van der Waals surface area (Å²) in [4.78, 5) is 19.8. The molecule has 2 aromatic carbocycles. The number of piperidine rings is 3. The van der Waals surface area contributed by atoms with Gasteiger partial charge in [0.15, 0.2) is 0 Å². The van der Waals surface area contributed by atoms with Gasteiger partial charge in [0.05, 0.1) is 24.3 Å². The number of hydrogen-bond donors (Lipinski definition) is 2. The summed E-state index contributed by atoms with van der Waals surface area (Å²) in [5.74, 6) is 0.594. The Kier molecular flexibility index (Phi) is 6.93. The van der Waals surface area contributed by atoms with Gasteiger partial charge in [-0.05, 0) is 85.0 Å². The first-order valence-corrected chi connectivity index (χ1v) is 14.1. The molecule has 0 radical (unpaired) electrons. The Morgan fingerprint density at radius 2 is 1.63 bits per heavy atom. The summed E-state index contributed by atoms with van der Waals surface area (Å²) in [6.45, 7) is 6.68. The Labute approximate surface area is 225 Å². The van der Waals surface area contributed by atoms with E-state index < -0.39 is 0 Å². The van der Waals surface area contributed by atoms with E-state index in [1.807, 2.05) is 18.3 Å². The first kappa shape index (κ1) is 25.1. The summed E-state index contributed by atoms with van der Waals surface area (Å²) in [5, 5.41) is 6.80. The lowest BCUT2D eigenvalue weighted by Crippen LogP contribution is -2.68. The van der Waals surface area contributed by atoms with E-state index in [-0.39, 0.29) is 17.1 Å². The van der Waals surface area contributed by atoms with Crippen LogP contribution in [-0.4, -0.2) is 41.1 Å². The highest BCUT2D eigenvalue weighted by Crippen LogP contribution is 2.46. The van der Waals surface area contributed by atoms with Crippen LogP contribution in [0.5, 0.6) is 0 Å². The molecule has 3 saturated heterocycles. The van der Waals surface area contributed by atoms with E-state index in [0.29, 0.717) is 19.1 Å². The molecule has 4 aliphatic rings. The Balaban J connectivity index is 1.05. The van der Waals surface area contributed by atoms with Crippen molar-refractivity contribution in [3.05, 3.63) is 89.7 Å². The molecule has 6 nitrogen and oxygen atoms in total. The molecule has 1 unspecified atom stereocenters. The molecule has 4 heterocycles. The van der Waals surface area contributed by atoms with Crippen LogP contribution in [0.2, 0.25) is 0 Å².